The number of imidazole rings is 1. The molecule has 0 saturated heterocycles. The molecule has 0 aliphatic carbocycles. The molecule has 8 aromatic rings. The van der Waals surface area contributed by atoms with Crippen molar-refractivity contribution in [3.63, 3.8) is 0 Å². The number of hydrogen-bond donors (Lipinski definition) is 0. The molecule has 0 aliphatic heterocycles. The summed E-state index contributed by atoms with van der Waals surface area (Å²) in [4.78, 5) is 10.2. The summed E-state index contributed by atoms with van der Waals surface area (Å²) in [6.45, 7) is 2.14. The molecular weight excluding hydrogens is 502 g/mol. The first-order chi connectivity index (χ1) is 20.2. The predicted molar refractivity (Wildman–Crippen MR) is 167 cm³/mol. The van der Waals surface area contributed by atoms with Crippen LogP contribution in [0.15, 0.2) is 138 Å². The van der Waals surface area contributed by atoms with Crippen LogP contribution in [0.3, 0.4) is 0 Å². The van der Waals surface area contributed by atoms with Crippen LogP contribution in [-0.4, -0.2) is 14.5 Å². The van der Waals surface area contributed by atoms with E-state index in [1.165, 1.54) is 5.56 Å². The fourth-order valence-electron chi connectivity index (χ4n) is 5.78. The number of aryl methyl sites for hydroxylation is 1. The van der Waals surface area contributed by atoms with Crippen LogP contribution in [-0.2, 0) is 0 Å². The minimum atomic E-state index is 0.696. The van der Waals surface area contributed by atoms with Crippen molar-refractivity contribution in [2.24, 2.45) is 0 Å². The Morgan fingerprint density at radius 3 is 2.07 bits per heavy atom. The van der Waals surface area contributed by atoms with E-state index in [-0.39, 0.29) is 0 Å². The molecule has 0 aliphatic rings. The molecule has 8 rings (SSSR count). The summed E-state index contributed by atoms with van der Waals surface area (Å²) in [6.07, 6.45) is 0. The molecule has 4 nitrogen and oxygen atoms in total. The Morgan fingerprint density at radius 2 is 1.32 bits per heavy atom. The standard InChI is InChI=1S/C37H25N3O/c1-24-17-19-30(35-34(24)29-20-18-27(23-33(29)41-35)25-11-5-2-6-12-25)37-39-36-32(40(37)28-15-9-4-10-16-28)22-21-31(38-36)26-13-7-3-8-14-26/h2-23H,1H3. The number of hydrogen-bond acceptors (Lipinski definition) is 3. The molecule has 194 valence electrons. The molecule has 3 heterocycles. The van der Waals surface area contributed by atoms with E-state index in [1.807, 2.05) is 42.5 Å². The van der Waals surface area contributed by atoms with Crippen LogP contribution in [0.5, 0.6) is 0 Å². The van der Waals surface area contributed by atoms with Crippen molar-refractivity contribution < 1.29 is 4.42 Å². The second kappa shape index (κ2) is 9.32. The number of aromatic nitrogens is 3. The smallest absolute Gasteiger partial charge is 0.179 e. The van der Waals surface area contributed by atoms with E-state index in [0.29, 0.717) is 5.65 Å². The van der Waals surface area contributed by atoms with Gasteiger partial charge in [-0.25, -0.2) is 9.97 Å². The minimum Gasteiger partial charge on any atom is -0.455 e. The van der Waals surface area contributed by atoms with Gasteiger partial charge in [-0.3, -0.25) is 4.57 Å². The molecule has 0 fully saturated rings. The molecule has 0 bridgehead atoms. The summed E-state index contributed by atoms with van der Waals surface area (Å²) < 4.78 is 8.87. The molecular formula is C37H25N3O. The second-order valence-electron chi connectivity index (χ2n) is 10.3. The third kappa shape index (κ3) is 3.84. The van der Waals surface area contributed by atoms with Gasteiger partial charge >= 0.3 is 0 Å². The Kier molecular flexibility index (Phi) is 5.32. The van der Waals surface area contributed by atoms with Crippen LogP contribution in [0.2, 0.25) is 0 Å². The van der Waals surface area contributed by atoms with Crippen molar-refractivity contribution >= 4 is 33.1 Å². The maximum Gasteiger partial charge on any atom is 0.179 e. The van der Waals surface area contributed by atoms with Gasteiger partial charge in [-0.2, -0.15) is 0 Å². The molecule has 0 atom stereocenters. The van der Waals surface area contributed by atoms with E-state index in [4.69, 9.17) is 14.4 Å². The van der Waals surface area contributed by atoms with E-state index >= 15 is 0 Å². The quantitative estimate of drug-likeness (QED) is 0.229. The number of nitrogens with zero attached hydrogens (tertiary/aromatic N) is 3. The Bertz CT molecular complexity index is 2190. The van der Waals surface area contributed by atoms with Gasteiger partial charge in [0.2, 0.25) is 0 Å². The molecule has 5 aromatic carbocycles. The summed E-state index contributed by atoms with van der Waals surface area (Å²) >= 11 is 0. The summed E-state index contributed by atoms with van der Waals surface area (Å²) in [7, 11) is 0. The number of benzene rings is 5. The fraction of sp³-hybridized carbons (Fsp3) is 0.0270. The summed E-state index contributed by atoms with van der Waals surface area (Å²) in [5.74, 6) is 0.802. The number of rotatable bonds is 4. The second-order valence-corrected chi connectivity index (χ2v) is 10.3. The van der Waals surface area contributed by atoms with Crippen LogP contribution in [0.1, 0.15) is 5.56 Å². The van der Waals surface area contributed by atoms with Gasteiger partial charge in [-0.05, 0) is 66.1 Å². The highest BCUT2D eigenvalue weighted by atomic mass is 16.3. The van der Waals surface area contributed by atoms with Gasteiger partial charge in [-0.15, -0.1) is 0 Å². The van der Waals surface area contributed by atoms with Gasteiger partial charge in [0.15, 0.2) is 11.5 Å². The van der Waals surface area contributed by atoms with Gasteiger partial charge in [0.05, 0.1) is 16.8 Å². The highest BCUT2D eigenvalue weighted by Crippen LogP contribution is 2.40. The van der Waals surface area contributed by atoms with Crippen LogP contribution in [0.4, 0.5) is 0 Å². The van der Waals surface area contributed by atoms with Gasteiger partial charge < -0.3 is 4.42 Å². The van der Waals surface area contributed by atoms with Gasteiger partial charge in [0.25, 0.3) is 0 Å². The van der Waals surface area contributed by atoms with E-state index in [2.05, 4.69) is 102 Å². The third-order valence-electron chi connectivity index (χ3n) is 7.78. The first-order valence-corrected chi connectivity index (χ1v) is 13.8. The van der Waals surface area contributed by atoms with Crippen LogP contribution < -0.4 is 0 Å². The summed E-state index contributed by atoms with van der Waals surface area (Å²) in [5.41, 5.74) is 10.7. The molecule has 0 amide bonds. The largest absolute Gasteiger partial charge is 0.455 e. The Morgan fingerprint density at radius 1 is 0.610 bits per heavy atom. The Hall–Kier alpha value is -5.48. The maximum absolute atomic E-state index is 6.69. The molecule has 0 spiro atoms. The van der Waals surface area contributed by atoms with Crippen molar-refractivity contribution in [1.29, 1.82) is 0 Å². The maximum atomic E-state index is 6.69. The normalized spacial score (nSPS) is 11.5. The first kappa shape index (κ1) is 23.4. The SMILES string of the molecule is Cc1ccc(-c2nc3nc(-c4ccccc4)ccc3n2-c2ccccc2)c2oc3cc(-c4ccccc4)ccc3c12. The van der Waals surface area contributed by atoms with Gasteiger partial charge in [0, 0.05) is 22.0 Å². The van der Waals surface area contributed by atoms with E-state index in [1.54, 1.807) is 0 Å². The average Bonchev–Trinajstić information content (AvgIpc) is 3.61. The lowest BCUT2D eigenvalue weighted by molar-refractivity contribution is 0.669. The van der Waals surface area contributed by atoms with Crippen molar-refractivity contribution in [2.75, 3.05) is 0 Å². The number of fused-ring (bicyclic) bond motifs is 4. The Balaban J connectivity index is 1.39. The van der Waals surface area contributed by atoms with Crippen LogP contribution in [0, 0.1) is 6.92 Å². The predicted octanol–water partition coefficient (Wildman–Crippen LogP) is 9.63. The molecule has 0 unspecified atom stereocenters. The number of furan rings is 1. The number of para-hydroxylation sites is 1. The molecule has 3 aromatic heterocycles. The molecule has 0 saturated carbocycles. The van der Waals surface area contributed by atoms with Crippen molar-refractivity contribution in [1.82, 2.24) is 14.5 Å². The van der Waals surface area contributed by atoms with Crippen molar-refractivity contribution in [3.8, 4) is 39.5 Å². The fourth-order valence-corrected chi connectivity index (χ4v) is 5.78. The molecule has 0 radical (unpaired) electrons. The lowest BCUT2D eigenvalue weighted by Gasteiger charge is -2.10. The summed E-state index contributed by atoms with van der Waals surface area (Å²) in [6, 6.07) is 45.9. The zero-order chi connectivity index (χ0) is 27.3. The van der Waals surface area contributed by atoms with Crippen molar-refractivity contribution in [2.45, 2.75) is 6.92 Å². The summed E-state index contributed by atoms with van der Waals surface area (Å²) in [5, 5.41) is 2.22. The monoisotopic (exact) mass is 527 g/mol. The zero-order valence-corrected chi connectivity index (χ0v) is 22.5. The van der Waals surface area contributed by atoms with E-state index in [9.17, 15) is 0 Å². The molecule has 41 heavy (non-hydrogen) atoms. The average molecular weight is 528 g/mol. The molecule has 4 heteroatoms. The molecule has 0 N–H and O–H groups in total. The van der Waals surface area contributed by atoms with Crippen LogP contribution >= 0.6 is 0 Å². The lowest BCUT2D eigenvalue weighted by Crippen LogP contribution is -1.98. The van der Waals surface area contributed by atoms with Gasteiger partial charge in [0.1, 0.15) is 11.2 Å². The van der Waals surface area contributed by atoms with Crippen LogP contribution in [0.25, 0.3) is 72.6 Å². The lowest BCUT2D eigenvalue weighted by atomic mass is 10.0. The third-order valence-corrected chi connectivity index (χ3v) is 7.78. The minimum absolute atomic E-state index is 0.696. The highest BCUT2D eigenvalue weighted by Gasteiger charge is 2.22. The van der Waals surface area contributed by atoms with Gasteiger partial charge in [-0.1, -0.05) is 91.0 Å². The topological polar surface area (TPSA) is 43.9 Å². The van der Waals surface area contributed by atoms with E-state index < -0.39 is 0 Å². The highest BCUT2D eigenvalue weighted by molar-refractivity contribution is 6.11. The van der Waals surface area contributed by atoms with Crippen molar-refractivity contribution in [3.05, 3.63) is 139 Å². The number of pyridine rings is 1. The van der Waals surface area contributed by atoms with E-state index in [0.717, 1.165) is 66.9 Å². The Labute approximate surface area is 237 Å². The first-order valence-electron chi connectivity index (χ1n) is 13.8. The zero-order valence-electron chi connectivity index (χ0n) is 22.5.